The van der Waals surface area contributed by atoms with Crippen molar-refractivity contribution in [2.45, 2.75) is 37.1 Å². The maximum Gasteiger partial charge on any atom is 1.00 e. The Bertz CT molecular complexity index is 867. The first-order chi connectivity index (χ1) is 12.8. The molecule has 2 aromatic rings. The van der Waals surface area contributed by atoms with Gasteiger partial charge in [-0.1, -0.05) is 42.8 Å². The number of halogens is 1. The van der Waals surface area contributed by atoms with Crippen molar-refractivity contribution in [1.29, 1.82) is 0 Å². The molecule has 5 rings (SSSR count). The molecule has 0 saturated heterocycles. The van der Waals surface area contributed by atoms with Crippen molar-refractivity contribution in [3.8, 4) is 0 Å². The predicted octanol–water partition coefficient (Wildman–Crippen LogP) is 2.19. The minimum Gasteiger partial charge on any atom is -1.00 e. The van der Waals surface area contributed by atoms with Gasteiger partial charge in [-0.15, -0.1) is 35.8 Å². The number of fused-ring (bicyclic) bond motifs is 5. The summed E-state index contributed by atoms with van der Waals surface area (Å²) in [5, 5.41) is 0.689. The van der Waals surface area contributed by atoms with E-state index >= 15 is 0 Å². The van der Waals surface area contributed by atoms with Gasteiger partial charge in [0.1, 0.15) is 0 Å². The molecule has 2 bridgehead atoms. The fourth-order valence-electron chi connectivity index (χ4n) is 4.99. The summed E-state index contributed by atoms with van der Waals surface area (Å²) in [4.78, 5) is 7.13. The average molecular weight is 369 g/mol. The van der Waals surface area contributed by atoms with Gasteiger partial charge in [-0.05, 0) is 41.8 Å². The van der Waals surface area contributed by atoms with Gasteiger partial charge in [-0.2, -0.15) is 0 Å². The van der Waals surface area contributed by atoms with E-state index in [0.717, 1.165) is 30.8 Å². The second-order valence-corrected chi connectivity index (χ2v) is 7.86. The molecule has 4 heteroatoms. The Morgan fingerprint density at radius 3 is 2.33 bits per heavy atom. The van der Waals surface area contributed by atoms with E-state index in [-0.39, 0.29) is 20.3 Å². The van der Waals surface area contributed by atoms with Crippen LogP contribution >= 0.6 is 11.6 Å². The van der Waals surface area contributed by atoms with Crippen LogP contribution in [0.3, 0.4) is 0 Å². The van der Waals surface area contributed by atoms with Gasteiger partial charge in [0.05, 0.1) is 0 Å². The zero-order chi connectivity index (χ0) is 17.5. The fourth-order valence-corrected chi connectivity index (χ4v) is 5.17. The molecule has 0 radical (unpaired) electrons. The van der Waals surface area contributed by atoms with Gasteiger partial charge in [0.2, 0.25) is 0 Å². The minimum absolute atomic E-state index is 0. The van der Waals surface area contributed by atoms with Crippen LogP contribution in [0.5, 0.6) is 0 Å². The smallest absolute Gasteiger partial charge is 1.00 e. The summed E-state index contributed by atoms with van der Waals surface area (Å²) in [7, 11) is 0. The van der Waals surface area contributed by atoms with Crippen molar-refractivity contribution in [3.05, 3.63) is 82.0 Å². The van der Waals surface area contributed by atoms with E-state index in [1.54, 1.807) is 11.1 Å². The number of aliphatic imine (C=N–C) groups is 1. The second-order valence-electron chi connectivity index (χ2n) is 7.46. The van der Waals surface area contributed by atoms with Crippen molar-refractivity contribution in [3.63, 3.8) is 0 Å². The first-order valence-electron chi connectivity index (χ1n) is 9.45. The first-order valence-corrected chi connectivity index (χ1v) is 9.83. The Balaban J connectivity index is 0.00000112. The van der Waals surface area contributed by atoms with E-state index < -0.39 is 0 Å². The van der Waals surface area contributed by atoms with Crippen LogP contribution in [-0.4, -0.2) is 30.2 Å². The van der Waals surface area contributed by atoms with Crippen molar-refractivity contribution in [2.75, 3.05) is 13.1 Å². The molecule has 0 aromatic heterocycles. The van der Waals surface area contributed by atoms with E-state index in [1.807, 2.05) is 24.3 Å². The molecule has 134 valence electrons. The van der Waals surface area contributed by atoms with Crippen molar-refractivity contribution in [2.24, 2.45) is 4.99 Å². The third-order valence-corrected chi connectivity index (χ3v) is 6.47. The number of benzene rings is 2. The zero-order valence-corrected chi connectivity index (χ0v) is 16.4. The molecule has 1 saturated carbocycles. The summed E-state index contributed by atoms with van der Waals surface area (Å²) < 4.78 is 0. The topological polar surface area (TPSA) is 15.6 Å². The Hall–Kier alpha value is -1.30. The molecule has 1 heterocycles. The van der Waals surface area contributed by atoms with Crippen LogP contribution in [0, 0.1) is 6.08 Å². The molecule has 2 nitrogen and oxygen atoms in total. The Morgan fingerprint density at radius 1 is 1.04 bits per heavy atom. The van der Waals surface area contributed by atoms with Gasteiger partial charge in [0.15, 0.2) is 0 Å². The largest absolute Gasteiger partial charge is 1.00 e. The van der Waals surface area contributed by atoms with Gasteiger partial charge in [-0.25, -0.2) is 5.70 Å². The van der Waals surface area contributed by atoms with E-state index in [4.69, 9.17) is 11.6 Å². The standard InChI is InChI=1S/C23H21ClN2.Li.H/c24-22-8-4-1-5-16(22)15-25-17-11-13-26(14-12-17)23-20-9-10-21(23)19-7-3-2-6-18(19)20;;/h1-8,20-21,23H,9-11,13-14H2;;/q-2;+1;-1. The van der Waals surface area contributed by atoms with E-state index in [0.29, 0.717) is 22.9 Å². The molecule has 2 atom stereocenters. The first kappa shape index (κ1) is 19.0. The Kier molecular flexibility index (Phi) is 5.62. The molecular weight excluding hydrogens is 347 g/mol. The predicted molar refractivity (Wildman–Crippen MR) is 107 cm³/mol. The number of hydrogen-bond donors (Lipinski definition) is 0. The normalized spacial score (nSPS) is 26.7. The van der Waals surface area contributed by atoms with Gasteiger partial charge < -0.3 is 17.4 Å². The van der Waals surface area contributed by atoms with Gasteiger partial charge in [0.25, 0.3) is 0 Å². The number of nitrogens with zero attached hydrogens (tertiary/aromatic N) is 2. The van der Waals surface area contributed by atoms with Crippen LogP contribution in [0.2, 0.25) is 5.02 Å². The quantitative estimate of drug-likeness (QED) is 0.460. The Labute approximate surface area is 180 Å². The summed E-state index contributed by atoms with van der Waals surface area (Å²) in [6.07, 6.45) is 10.2. The molecule has 0 amide bonds. The molecule has 0 spiro atoms. The van der Waals surface area contributed by atoms with Crippen LogP contribution < -0.4 is 18.9 Å². The summed E-state index contributed by atoms with van der Waals surface area (Å²) in [6, 6.07) is 17.4. The SMILES string of the molecule is Clc1ccccc1[C-]=NC1=[C-]CN(C2C3CCC2c2ccccc23)CC1.[H-].[Li+]. The van der Waals surface area contributed by atoms with E-state index in [1.165, 1.54) is 12.8 Å². The molecule has 1 fully saturated rings. The van der Waals surface area contributed by atoms with E-state index in [9.17, 15) is 0 Å². The van der Waals surface area contributed by atoms with Crippen LogP contribution in [0.4, 0.5) is 0 Å². The maximum absolute atomic E-state index is 6.17. The van der Waals surface area contributed by atoms with Crippen LogP contribution in [0.1, 0.15) is 49.2 Å². The third-order valence-electron chi connectivity index (χ3n) is 6.14. The molecule has 0 N–H and O–H groups in total. The average Bonchev–Trinajstić information content (AvgIpc) is 3.25. The van der Waals surface area contributed by atoms with E-state index in [2.05, 4.69) is 46.4 Å². The van der Waals surface area contributed by atoms with Crippen molar-refractivity contribution >= 4 is 17.8 Å². The summed E-state index contributed by atoms with van der Waals surface area (Å²) in [5.74, 6) is 1.41. The monoisotopic (exact) mass is 368 g/mol. The van der Waals surface area contributed by atoms with Crippen LogP contribution in [0.25, 0.3) is 0 Å². The summed E-state index contributed by atoms with van der Waals surface area (Å²) in [5.41, 5.74) is 5.03. The van der Waals surface area contributed by atoms with Gasteiger partial charge in [-0.3, -0.25) is 0 Å². The van der Waals surface area contributed by atoms with Crippen LogP contribution in [-0.2, 0) is 0 Å². The maximum atomic E-state index is 6.17. The third kappa shape index (κ3) is 3.45. The summed E-state index contributed by atoms with van der Waals surface area (Å²) in [6.45, 7) is 1.93. The minimum atomic E-state index is 0. The molecule has 2 aromatic carbocycles. The number of rotatable bonds is 3. The molecular formula is C23H22ClLiN2-2. The van der Waals surface area contributed by atoms with Crippen LogP contribution in [0.15, 0.2) is 59.2 Å². The second kappa shape index (κ2) is 7.98. The molecule has 1 aliphatic heterocycles. The summed E-state index contributed by atoms with van der Waals surface area (Å²) >= 11 is 6.17. The molecule has 3 aliphatic rings. The number of hydrogen-bond acceptors (Lipinski definition) is 2. The Morgan fingerprint density at radius 2 is 1.70 bits per heavy atom. The zero-order valence-electron chi connectivity index (χ0n) is 16.7. The van der Waals surface area contributed by atoms with Gasteiger partial charge >= 0.3 is 18.9 Å². The van der Waals surface area contributed by atoms with Gasteiger partial charge in [0, 0.05) is 17.9 Å². The van der Waals surface area contributed by atoms with Crippen molar-refractivity contribution < 1.29 is 20.3 Å². The fraction of sp³-hybridized carbons (Fsp3) is 0.348. The molecule has 2 unspecified atom stereocenters. The molecule has 27 heavy (non-hydrogen) atoms. The molecule has 2 aliphatic carbocycles. The van der Waals surface area contributed by atoms with Crippen molar-refractivity contribution in [1.82, 2.24) is 4.90 Å².